The molecule has 0 saturated carbocycles. The van der Waals surface area contributed by atoms with Crippen LogP contribution < -0.4 is 9.47 Å². The summed E-state index contributed by atoms with van der Waals surface area (Å²) in [4.78, 5) is 0. The molecule has 0 aliphatic carbocycles. The average molecular weight is 293 g/mol. The Hall–Kier alpha value is -0.940. The molecule has 0 unspecified atom stereocenters. The van der Waals surface area contributed by atoms with Gasteiger partial charge >= 0.3 is 0 Å². The van der Waals surface area contributed by atoms with Crippen LogP contribution in [0.4, 0.5) is 0 Å². The van der Waals surface area contributed by atoms with E-state index in [4.69, 9.17) is 20.2 Å². The maximum Gasteiger partial charge on any atom is 0.232 e. The normalized spacial score (nSPS) is 11.3. The zero-order valence-electron chi connectivity index (χ0n) is 10.5. The lowest BCUT2D eigenvalue weighted by Crippen LogP contribution is -2.05. The molecule has 4 nitrogen and oxygen atoms in total. The molecule has 1 rings (SSSR count). The van der Waals surface area contributed by atoms with E-state index in [1.807, 2.05) is 18.2 Å². The molecule has 6 heteroatoms. The number of benzene rings is 1. The minimum Gasteiger partial charge on any atom is -0.493 e. The summed E-state index contributed by atoms with van der Waals surface area (Å²) in [6, 6.07) is 5.69. The number of ether oxygens (including phenoxy) is 2. The van der Waals surface area contributed by atoms with Gasteiger partial charge in [-0.05, 0) is 30.5 Å². The van der Waals surface area contributed by atoms with Crippen LogP contribution in [-0.2, 0) is 15.5 Å². The molecule has 102 valence electrons. The van der Waals surface area contributed by atoms with E-state index in [9.17, 15) is 8.42 Å². The van der Waals surface area contributed by atoms with Crippen molar-refractivity contribution in [2.24, 2.45) is 0 Å². The van der Waals surface area contributed by atoms with E-state index in [1.54, 1.807) is 7.11 Å². The van der Waals surface area contributed by atoms with E-state index in [-0.39, 0.29) is 12.4 Å². The van der Waals surface area contributed by atoms with Crippen LogP contribution >= 0.6 is 10.7 Å². The van der Waals surface area contributed by atoms with Gasteiger partial charge in [0.25, 0.3) is 0 Å². The maximum atomic E-state index is 10.7. The highest BCUT2D eigenvalue weighted by atomic mass is 35.7. The molecule has 0 atom stereocenters. The van der Waals surface area contributed by atoms with Crippen LogP contribution in [0.1, 0.15) is 18.9 Å². The van der Waals surface area contributed by atoms with Gasteiger partial charge in [-0.3, -0.25) is 0 Å². The standard InChI is InChI=1S/C12H17ClO4S/c1-3-10-5-6-11(12(9-10)16-2)17-7-4-8-18(13,14)15/h5-6,9H,3-4,7-8H2,1-2H3. The van der Waals surface area contributed by atoms with Gasteiger partial charge < -0.3 is 9.47 Å². The molecule has 0 fully saturated rings. The summed E-state index contributed by atoms with van der Waals surface area (Å²) in [6.45, 7) is 2.34. The Morgan fingerprint density at radius 2 is 2.00 bits per heavy atom. The molecule has 0 bridgehead atoms. The highest BCUT2D eigenvalue weighted by Crippen LogP contribution is 2.28. The van der Waals surface area contributed by atoms with Gasteiger partial charge in [0, 0.05) is 10.7 Å². The predicted octanol–water partition coefficient (Wildman–Crippen LogP) is 2.60. The Labute approximate surface area is 112 Å². The largest absolute Gasteiger partial charge is 0.493 e. The Bertz CT molecular complexity index is 485. The molecule has 0 aliphatic heterocycles. The fourth-order valence-corrected chi connectivity index (χ4v) is 2.25. The van der Waals surface area contributed by atoms with Crippen LogP contribution in [0.3, 0.4) is 0 Å². The summed E-state index contributed by atoms with van der Waals surface area (Å²) in [5, 5.41) is 0. The molecule has 0 aromatic heterocycles. The fourth-order valence-electron chi connectivity index (χ4n) is 1.46. The van der Waals surface area contributed by atoms with Gasteiger partial charge in [0.15, 0.2) is 11.5 Å². The smallest absolute Gasteiger partial charge is 0.232 e. The SMILES string of the molecule is CCc1ccc(OCCCS(=O)(=O)Cl)c(OC)c1. The lowest BCUT2D eigenvalue weighted by atomic mass is 10.1. The quantitative estimate of drug-likeness (QED) is 0.572. The molecule has 18 heavy (non-hydrogen) atoms. The fraction of sp³-hybridized carbons (Fsp3) is 0.500. The molecule has 0 N–H and O–H groups in total. The van der Waals surface area contributed by atoms with Crippen molar-refractivity contribution >= 4 is 19.7 Å². The number of halogens is 1. The van der Waals surface area contributed by atoms with Gasteiger partial charge in [0.05, 0.1) is 19.5 Å². The third kappa shape index (κ3) is 5.14. The van der Waals surface area contributed by atoms with E-state index in [2.05, 4.69) is 6.92 Å². The summed E-state index contributed by atoms with van der Waals surface area (Å²) < 4.78 is 32.2. The van der Waals surface area contributed by atoms with Crippen molar-refractivity contribution in [3.05, 3.63) is 23.8 Å². The zero-order chi connectivity index (χ0) is 13.6. The van der Waals surface area contributed by atoms with Crippen molar-refractivity contribution in [3.63, 3.8) is 0 Å². The lowest BCUT2D eigenvalue weighted by Gasteiger charge is -2.11. The van der Waals surface area contributed by atoms with Gasteiger partial charge in [-0.2, -0.15) is 0 Å². The molecule has 0 radical (unpaired) electrons. The highest BCUT2D eigenvalue weighted by molar-refractivity contribution is 8.13. The molecule has 0 spiro atoms. The van der Waals surface area contributed by atoms with Crippen molar-refractivity contribution in [1.82, 2.24) is 0 Å². The Balaban J connectivity index is 2.56. The van der Waals surface area contributed by atoms with Gasteiger partial charge in [-0.1, -0.05) is 13.0 Å². The summed E-state index contributed by atoms with van der Waals surface area (Å²) in [7, 11) is 3.24. The molecule has 0 aliphatic rings. The lowest BCUT2D eigenvalue weighted by molar-refractivity contribution is 0.294. The molecule has 0 saturated heterocycles. The number of aryl methyl sites for hydroxylation is 1. The molecule has 1 aromatic carbocycles. The second-order valence-corrected chi connectivity index (χ2v) is 6.68. The first-order valence-corrected chi connectivity index (χ1v) is 8.16. The first kappa shape index (κ1) is 15.1. The molecule has 1 aromatic rings. The van der Waals surface area contributed by atoms with Crippen LogP contribution in [-0.4, -0.2) is 27.9 Å². The number of methoxy groups -OCH3 is 1. The van der Waals surface area contributed by atoms with Crippen molar-refractivity contribution < 1.29 is 17.9 Å². The first-order chi connectivity index (χ1) is 8.46. The minimum absolute atomic E-state index is 0.0933. The molecular formula is C12H17ClO4S. The van der Waals surface area contributed by atoms with Crippen molar-refractivity contribution in [3.8, 4) is 11.5 Å². The maximum absolute atomic E-state index is 10.7. The summed E-state index contributed by atoms with van der Waals surface area (Å²) in [6.07, 6.45) is 1.27. The van der Waals surface area contributed by atoms with Crippen LogP contribution in [0, 0.1) is 0 Å². The van der Waals surface area contributed by atoms with Crippen LogP contribution in [0.25, 0.3) is 0 Å². The second kappa shape index (κ2) is 6.85. The van der Waals surface area contributed by atoms with E-state index in [1.165, 1.54) is 0 Å². The molecule has 0 amide bonds. The Morgan fingerprint density at radius 1 is 1.28 bits per heavy atom. The van der Waals surface area contributed by atoms with Crippen molar-refractivity contribution in [2.45, 2.75) is 19.8 Å². The van der Waals surface area contributed by atoms with Crippen LogP contribution in [0.2, 0.25) is 0 Å². The Morgan fingerprint density at radius 3 is 2.56 bits per heavy atom. The van der Waals surface area contributed by atoms with Gasteiger partial charge in [-0.15, -0.1) is 0 Å². The van der Waals surface area contributed by atoms with Gasteiger partial charge in [-0.25, -0.2) is 8.42 Å². The van der Waals surface area contributed by atoms with Gasteiger partial charge in [0.1, 0.15) is 0 Å². The van der Waals surface area contributed by atoms with E-state index < -0.39 is 9.05 Å². The number of hydrogen-bond donors (Lipinski definition) is 0. The summed E-state index contributed by atoms with van der Waals surface area (Å²) in [5.41, 5.74) is 1.16. The minimum atomic E-state index is -3.44. The highest BCUT2D eigenvalue weighted by Gasteiger charge is 2.07. The van der Waals surface area contributed by atoms with E-state index >= 15 is 0 Å². The second-order valence-electron chi connectivity index (χ2n) is 3.78. The zero-order valence-corrected chi connectivity index (χ0v) is 12.1. The third-order valence-electron chi connectivity index (χ3n) is 2.43. The molecular weight excluding hydrogens is 276 g/mol. The first-order valence-electron chi connectivity index (χ1n) is 5.68. The van der Waals surface area contributed by atoms with Crippen molar-refractivity contribution in [2.75, 3.05) is 19.5 Å². The number of rotatable bonds is 7. The monoisotopic (exact) mass is 292 g/mol. The van der Waals surface area contributed by atoms with Gasteiger partial charge in [0.2, 0.25) is 9.05 Å². The average Bonchev–Trinajstić information content (AvgIpc) is 2.33. The van der Waals surface area contributed by atoms with Crippen LogP contribution in [0.5, 0.6) is 11.5 Å². The molecule has 0 heterocycles. The third-order valence-corrected chi connectivity index (χ3v) is 3.67. The van der Waals surface area contributed by atoms with E-state index in [0.29, 0.717) is 17.9 Å². The summed E-state index contributed by atoms with van der Waals surface area (Å²) in [5.74, 6) is 1.17. The Kier molecular flexibility index (Phi) is 5.75. The van der Waals surface area contributed by atoms with Crippen LogP contribution in [0.15, 0.2) is 18.2 Å². The van der Waals surface area contributed by atoms with E-state index in [0.717, 1.165) is 12.0 Å². The number of hydrogen-bond acceptors (Lipinski definition) is 4. The predicted molar refractivity (Wildman–Crippen MR) is 72.1 cm³/mol. The topological polar surface area (TPSA) is 52.6 Å². The van der Waals surface area contributed by atoms with Crippen molar-refractivity contribution in [1.29, 1.82) is 0 Å². The summed E-state index contributed by atoms with van der Waals surface area (Å²) >= 11 is 0.